The molecule has 7 nitrogen and oxygen atoms in total. The van der Waals surface area contributed by atoms with Crippen LogP contribution < -0.4 is 14.4 Å². The molecule has 2 aliphatic heterocycles. The van der Waals surface area contributed by atoms with Gasteiger partial charge in [0, 0.05) is 24.1 Å². The van der Waals surface area contributed by atoms with Crippen molar-refractivity contribution in [2.45, 2.75) is 32.7 Å². The lowest BCUT2D eigenvalue weighted by Crippen LogP contribution is -2.30. The Hall–Kier alpha value is -3.09. The first-order chi connectivity index (χ1) is 13.2. The highest BCUT2D eigenvalue weighted by atomic mass is 16.7. The quantitative estimate of drug-likeness (QED) is 0.704. The van der Waals surface area contributed by atoms with Gasteiger partial charge in [0.1, 0.15) is 11.5 Å². The van der Waals surface area contributed by atoms with Crippen molar-refractivity contribution in [2.24, 2.45) is 0 Å². The van der Waals surface area contributed by atoms with E-state index in [4.69, 9.17) is 14.0 Å². The topological polar surface area (TPSA) is 73.5 Å². The van der Waals surface area contributed by atoms with Crippen LogP contribution in [0, 0.1) is 0 Å². The second-order valence-corrected chi connectivity index (χ2v) is 7.14. The summed E-state index contributed by atoms with van der Waals surface area (Å²) in [4.78, 5) is 2.22. The van der Waals surface area contributed by atoms with Crippen LogP contribution in [0.15, 0.2) is 34.9 Å². The molecule has 0 N–H and O–H groups in total. The summed E-state index contributed by atoms with van der Waals surface area (Å²) in [6.45, 7) is 6.02. The van der Waals surface area contributed by atoms with Gasteiger partial charge in [-0.1, -0.05) is 19.0 Å². The molecule has 4 heterocycles. The summed E-state index contributed by atoms with van der Waals surface area (Å²) >= 11 is 0. The Morgan fingerprint density at radius 2 is 1.93 bits per heavy atom. The smallest absolute Gasteiger partial charge is 0.231 e. The van der Waals surface area contributed by atoms with Crippen molar-refractivity contribution in [1.29, 1.82) is 0 Å². The first-order valence-corrected chi connectivity index (χ1v) is 9.15. The molecule has 2 aromatic heterocycles. The average molecular weight is 364 g/mol. The molecule has 0 aliphatic carbocycles. The Balaban J connectivity index is 1.44. The van der Waals surface area contributed by atoms with Crippen LogP contribution in [0.25, 0.3) is 11.3 Å². The van der Waals surface area contributed by atoms with Crippen molar-refractivity contribution in [3.05, 3.63) is 47.3 Å². The van der Waals surface area contributed by atoms with E-state index < -0.39 is 0 Å². The largest absolute Gasteiger partial charge is 0.454 e. The van der Waals surface area contributed by atoms with E-state index in [1.807, 2.05) is 24.3 Å². The van der Waals surface area contributed by atoms with E-state index in [-0.39, 0.29) is 6.79 Å². The molecule has 0 unspecified atom stereocenters. The zero-order chi connectivity index (χ0) is 18.4. The number of ether oxygens (including phenoxy) is 2. The number of rotatable bonds is 3. The van der Waals surface area contributed by atoms with Gasteiger partial charge in [0.05, 0.1) is 12.2 Å². The van der Waals surface area contributed by atoms with Gasteiger partial charge >= 0.3 is 0 Å². The molecule has 0 atom stereocenters. The Morgan fingerprint density at radius 1 is 1.04 bits per heavy atom. The first-order valence-electron chi connectivity index (χ1n) is 9.15. The highest BCUT2D eigenvalue weighted by Crippen LogP contribution is 2.38. The molecule has 0 amide bonds. The second-order valence-electron chi connectivity index (χ2n) is 7.14. The van der Waals surface area contributed by atoms with Crippen molar-refractivity contribution >= 4 is 5.82 Å². The molecule has 0 radical (unpaired) electrons. The molecule has 7 heteroatoms. The fraction of sp³-hybridized carbons (Fsp3) is 0.350. The van der Waals surface area contributed by atoms with E-state index in [2.05, 4.69) is 40.2 Å². The number of aromatic nitrogens is 3. The van der Waals surface area contributed by atoms with E-state index in [9.17, 15) is 0 Å². The average Bonchev–Trinajstić information content (AvgIpc) is 3.33. The number of hydrogen-bond donors (Lipinski definition) is 0. The lowest BCUT2D eigenvalue weighted by molar-refractivity contribution is 0.174. The highest BCUT2D eigenvalue weighted by Gasteiger charge is 2.27. The molecule has 0 fully saturated rings. The van der Waals surface area contributed by atoms with Crippen molar-refractivity contribution in [3.8, 4) is 22.8 Å². The zero-order valence-corrected chi connectivity index (χ0v) is 15.3. The van der Waals surface area contributed by atoms with Crippen LogP contribution in [0.5, 0.6) is 11.5 Å². The molecule has 138 valence electrons. The lowest BCUT2D eigenvalue weighted by atomic mass is 10.0. The fourth-order valence-corrected chi connectivity index (χ4v) is 3.49. The van der Waals surface area contributed by atoms with Crippen molar-refractivity contribution in [1.82, 2.24) is 15.4 Å². The molecule has 0 bridgehead atoms. The molecule has 5 rings (SSSR count). The van der Waals surface area contributed by atoms with Crippen LogP contribution in [0.1, 0.15) is 36.8 Å². The number of hydrogen-bond acceptors (Lipinski definition) is 7. The lowest BCUT2D eigenvalue weighted by Gasteiger charge is -2.27. The molecule has 0 saturated heterocycles. The van der Waals surface area contributed by atoms with Gasteiger partial charge in [0.2, 0.25) is 6.79 Å². The Labute approximate surface area is 156 Å². The van der Waals surface area contributed by atoms with Crippen LogP contribution in [0.2, 0.25) is 0 Å². The molecule has 0 saturated carbocycles. The summed E-state index contributed by atoms with van der Waals surface area (Å²) < 4.78 is 16.5. The predicted octanol–water partition coefficient (Wildman–Crippen LogP) is 3.55. The highest BCUT2D eigenvalue weighted by molar-refractivity contribution is 5.68. The maximum absolute atomic E-state index is 5.61. The van der Waals surface area contributed by atoms with Gasteiger partial charge < -0.3 is 18.9 Å². The van der Waals surface area contributed by atoms with Crippen molar-refractivity contribution in [3.63, 3.8) is 0 Å². The SMILES string of the molecule is CC(C)c1ccc(N2CCc3onc(-c4ccc5c(c4)OCO5)c3C2)nn1. The Bertz CT molecular complexity index is 981. The number of benzene rings is 1. The van der Waals surface area contributed by atoms with Crippen molar-refractivity contribution < 1.29 is 14.0 Å². The normalized spacial score (nSPS) is 15.3. The summed E-state index contributed by atoms with van der Waals surface area (Å²) in [5, 5.41) is 13.1. The van der Waals surface area contributed by atoms with E-state index >= 15 is 0 Å². The minimum absolute atomic E-state index is 0.258. The summed E-state index contributed by atoms with van der Waals surface area (Å²) in [7, 11) is 0. The van der Waals surface area contributed by atoms with E-state index in [1.54, 1.807) is 0 Å². The van der Waals surface area contributed by atoms with Gasteiger partial charge in [-0.15, -0.1) is 5.10 Å². The Kier molecular flexibility index (Phi) is 3.74. The van der Waals surface area contributed by atoms with E-state index in [1.165, 1.54) is 0 Å². The molecule has 1 aromatic carbocycles. The van der Waals surface area contributed by atoms with Crippen LogP contribution in [0.3, 0.4) is 0 Å². The minimum Gasteiger partial charge on any atom is -0.454 e. The summed E-state index contributed by atoms with van der Waals surface area (Å²) in [6, 6.07) is 9.95. The second kappa shape index (κ2) is 6.26. The summed E-state index contributed by atoms with van der Waals surface area (Å²) in [5.74, 6) is 3.69. The number of nitrogens with zero attached hydrogens (tertiary/aromatic N) is 4. The third kappa shape index (κ3) is 2.79. The number of anilines is 1. The zero-order valence-electron chi connectivity index (χ0n) is 15.3. The summed E-state index contributed by atoms with van der Waals surface area (Å²) in [5.41, 5.74) is 3.91. The molecule has 3 aromatic rings. The van der Waals surface area contributed by atoms with Crippen molar-refractivity contribution in [2.75, 3.05) is 18.2 Å². The maximum atomic E-state index is 5.61. The molecule has 2 aliphatic rings. The first kappa shape index (κ1) is 16.1. The van der Waals surface area contributed by atoms with Crippen LogP contribution in [0.4, 0.5) is 5.82 Å². The third-order valence-corrected chi connectivity index (χ3v) is 5.06. The molecule has 27 heavy (non-hydrogen) atoms. The minimum atomic E-state index is 0.258. The molecule has 0 spiro atoms. The standard InChI is InChI=1S/C20H20N4O3/c1-12(2)15-4-6-19(22-21-15)24-8-7-16-14(10-24)20(23-27-16)13-3-5-17-18(9-13)26-11-25-17/h3-6,9,12H,7-8,10-11H2,1-2H3. The predicted molar refractivity (Wildman–Crippen MR) is 98.9 cm³/mol. The van der Waals surface area contributed by atoms with E-state index in [0.717, 1.165) is 58.6 Å². The molecular formula is C20H20N4O3. The molecular weight excluding hydrogens is 344 g/mol. The third-order valence-electron chi connectivity index (χ3n) is 5.06. The summed E-state index contributed by atoms with van der Waals surface area (Å²) in [6.07, 6.45) is 0.792. The monoisotopic (exact) mass is 364 g/mol. The van der Waals surface area contributed by atoms with Gasteiger partial charge in [0.25, 0.3) is 0 Å². The number of fused-ring (bicyclic) bond motifs is 2. The van der Waals surface area contributed by atoms with Gasteiger partial charge in [-0.3, -0.25) is 0 Å². The van der Waals surface area contributed by atoms with E-state index in [0.29, 0.717) is 12.5 Å². The van der Waals surface area contributed by atoms with Gasteiger partial charge in [-0.2, -0.15) is 5.10 Å². The van der Waals surface area contributed by atoms with Gasteiger partial charge in [-0.05, 0) is 36.2 Å². The van der Waals surface area contributed by atoms with Crippen LogP contribution in [-0.2, 0) is 13.0 Å². The fourth-order valence-electron chi connectivity index (χ4n) is 3.49. The van der Waals surface area contributed by atoms with Gasteiger partial charge in [0.15, 0.2) is 17.3 Å². The van der Waals surface area contributed by atoms with Gasteiger partial charge in [-0.25, -0.2) is 0 Å². The maximum Gasteiger partial charge on any atom is 0.231 e. The Morgan fingerprint density at radius 3 is 2.74 bits per heavy atom. The van der Waals surface area contributed by atoms with Crippen LogP contribution >= 0.6 is 0 Å². The van der Waals surface area contributed by atoms with Crippen LogP contribution in [-0.4, -0.2) is 28.7 Å².